The van der Waals surface area contributed by atoms with Crippen molar-refractivity contribution in [3.63, 3.8) is 0 Å². The number of carbonyl (C=O) groups is 3. The molecule has 0 spiro atoms. The molecule has 6 rings (SSSR count). The van der Waals surface area contributed by atoms with Gasteiger partial charge in [0.1, 0.15) is 11.6 Å². The maximum atomic E-state index is 14.3. The second-order valence-electron chi connectivity index (χ2n) is 12.4. The van der Waals surface area contributed by atoms with Crippen LogP contribution in [0.25, 0.3) is 21.7 Å². The Hall–Kier alpha value is -4.91. The Morgan fingerprint density at radius 3 is 2.31 bits per heavy atom. The summed E-state index contributed by atoms with van der Waals surface area (Å²) < 4.78 is 0. The third-order valence-electron chi connectivity index (χ3n) is 9.10. The SMILES string of the molecule is Cc1ccc(CN(C)C(=O)[C@H](Cc2ccc3ccccc3c2)NC(=O)C2(NC(=O)c3c[nH]c4ccccc34)CCCCC2)cc1. The van der Waals surface area contributed by atoms with Crippen LogP contribution in [0.4, 0.5) is 0 Å². The molecule has 3 N–H and O–H groups in total. The van der Waals surface area contributed by atoms with Gasteiger partial charge < -0.3 is 20.5 Å². The second-order valence-corrected chi connectivity index (χ2v) is 12.4. The largest absolute Gasteiger partial charge is 0.360 e. The standard InChI is InChI=1S/C38H40N4O3/c1-26-14-16-27(17-15-26)25-42(2)36(44)34(23-28-18-19-29-10-4-5-11-30(29)22-28)40-37(45)38(20-8-3-9-21-38)41-35(43)32-24-39-33-13-7-6-12-31(32)33/h4-7,10-19,22,24,34,39H,3,8-9,20-21,23,25H2,1-2H3,(H,40,45)(H,41,43)/t34-/m0/s1. The third kappa shape index (κ3) is 6.63. The zero-order valence-corrected chi connectivity index (χ0v) is 25.9. The number of aryl methyl sites for hydroxylation is 1. The van der Waals surface area contributed by atoms with Crippen molar-refractivity contribution in [2.24, 2.45) is 0 Å². The minimum absolute atomic E-state index is 0.175. The average molecular weight is 601 g/mol. The molecule has 0 aliphatic heterocycles. The van der Waals surface area contributed by atoms with Crippen LogP contribution in [0.15, 0.2) is 97.2 Å². The summed E-state index contributed by atoms with van der Waals surface area (Å²) in [6.45, 7) is 2.46. The van der Waals surface area contributed by atoms with Crippen molar-refractivity contribution in [2.45, 2.75) is 63.6 Å². The molecule has 1 saturated carbocycles. The highest BCUT2D eigenvalue weighted by Crippen LogP contribution is 2.30. The number of aromatic amines is 1. The monoisotopic (exact) mass is 600 g/mol. The molecule has 1 aliphatic rings. The van der Waals surface area contributed by atoms with E-state index in [1.165, 1.54) is 0 Å². The topological polar surface area (TPSA) is 94.3 Å². The number of hydrogen-bond donors (Lipinski definition) is 3. The van der Waals surface area contributed by atoms with Gasteiger partial charge in [0.25, 0.3) is 5.91 Å². The number of carbonyl (C=O) groups excluding carboxylic acids is 3. The van der Waals surface area contributed by atoms with E-state index >= 15 is 0 Å². The van der Waals surface area contributed by atoms with E-state index in [-0.39, 0.29) is 17.7 Å². The molecule has 45 heavy (non-hydrogen) atoms. The molecule has 1 aliphatic carbocycles. The van der Waals surface area contributed by atoms with Gasteiger partial charge in [-0.1, -0.05) is 110 Å². The minimum atomic E-state index is -1.11. The summed E-state index contributed by atoms with van der Waals surface area (Å²) in [5.74, 6) is -0.775. The van der Waals surface area contributed by atoms with Gasteiger partial charge in [0.05, 0.1) is 5.56 Å². The number of hydrogen-bond acceptors (Lipinski definition) is 3. The van der Waals surface area contributed by atoms with Gasteiger partial charge in [-0.25, -0.2) is 0 Å². The van der Waals surface area contributed by atoms with E-state index in [4.69, 9.17) is 0 Å². The lowest BCUT2D eigenvalue weighted by Crippen LogP contribution is -2.63. The second kappa shape index (κ2) is 13.0. The molecule has 7 heteroatoms. The molecular weight excluding hydrogens is 560 g/mol. The lowest BCUT2D eigenvalue weighted by Gasteiger charge is -2.38. The van der Waals surface area contributed by atoms with E-state index in [1.807, 2.05) is 79.7 Å². The van der Waals surface area contributed by atoms with Crippen molar-refractivity contribution in [1.82, 2.24) is 20.5 Å². The quantitative estimate of drug-likeness (QED) is 0.182. The van der Waals surface area contributed by atoms with E-state index in [1.54, 1.807) is 18.1 Å². The number of benzene rings is 4. The van der Waals surface area contributed by atoms with Crippen LogP contribution < -0.4 is 10.6 Å². The van der Waals surface area contributed by atoms with Crippen molar-refractivity contribution in [1.29, 1.82) is 0 Å². The summed E-state index contributed by atoms with van der Waals surface area (Å²) in [4.78, 5) is 46.9. The zero-order chi connectivity index (χ0) is 31.4. The first kappa shape index (κ1) is 30.1. The molecule has 1 atom stereocenters. The van der Waals surface area contributed by atoms with Crippen LogP contribution in [-0.2, 0) is 22.6 Å². The van der Waals surface area contributed by atoms with Crippen molar-refractivity contribution >= 4 is 39.4 Å². The van der Waals surface area contributed by atoms with Gasteiger partial charge in [0, 0.05) is 37.1 Å². The van der Waals surface area contributed by atoms with E-state index in [0.717, 1.165) is 57.6 Å². The molecule has 0 bridgehead atoms. The normalized spacial score (nSPS) is 15.0. The summed E-state index contributed by atoms with van der Waals surface area (Å²) in [6, 6.07) is 29.2. The molecule has 1 heterocycles. The van der Waals surface area contributed by atoms with Gasteiger partial charge in [-0.3, -0.25) is 14.4 Å². The van der Waals surface area contributed by atoms with Gasteiger partial charge in [0.2, 0.25) is 11.8 Å². The number of nitrogens with one attached hydrogen (secondary N) is 3. The number of rotatable bonds is 9. The number of aromatic nitrogens is 1. The Morgan fingerprint density at radius 1 is 0.844 bits per heavy atom. The highest BCUT2D eigenvalue weighted by atomic mass is 16.2. The molecule has 0 unspecified atom stereocenters. The first-order chi connectivity index (χ1) is 21.8. The van der Waals surface area contributed by atoms with E-state index in [9.17, 15) is 14.4 Å². The average Bonchev–Trinajstić information content (AvgIpc) is 3.50. The minimum Gasteiger partial charge on any atom is -0.360 e. The predicted octanol–water partition coefficient (Wildman–Crippen LogP) is 6.45. The smallest absolute Gasteiger partial charge is 0.254 e. The Kier molecular flexibility index (Phi) is 8.69. The van der Waals surface area contributed by atoms with Gasteiger partial charge in [-0.2, -0.15) is 0 Å². The molecule has 1 fully saturated rings. The summed E-state index contributed by atoms with van der Waals surface area (Å²) in [5, 5.41) is 9.28. The fourth-order valence-corrected chi connectivity index (χ4v) is 6.52. The van der Waals surface area contributed by atoms with Crippen LogP contribution >= 0.6 is 0 Å². The van der Waals surface area contributed by atoms with E-state index < -0.39 is 11.6 Å². The lowest BCUT2D eigenvalue weighted by molar-refractivity contribution is -0.138. The van der Waals surface area contributed by atoms with Crippen LogP contribution in [0, 0.1) is 6.92 Å². The Balaban J connectivity index is 1.27. The third-order valence-corrected chi connectivity index (χ3v) is 9.10. The van der Waals surface area contributed by atoms with E-state index in [2.05, 4.69) is 33.8 Å². The highest BCUT2D eigenvalue weighted by Gasteiger charge is 2.43. The fraction of sp³-hybridized carbons (Fsp3) is 0.289. The number of H-pyrrole nitrogens is 1. The van der Waals surface area contributed by atoms with Crippen LogP contribution in [0.5, 0.6) is 0 Å². The zero-order valence-electron chi connectivity index (χ0n) is 25.9. The Labute approximate surface area is 264 Å². The summed E-state index contributed by atoms with van der Waals surface area (Å²) >= 11 is 0. The number of nitrogens with zero attached hydrogens (tertiary/aromatic N) is 1. The highest BCUT2D eigenvalue weighted by molar-refractivity contribution is 6.08. The van der Waals surface area contributed by atoms with E-state index in [0.29, 0.717) is 31.4 Å². The first-order valence-electron chi connectivity index (χ1n) is 15.8. The van der Waals surface area contributed by atoms with Gasteiger partial charge in [0.15, 0.2) is 0 Å². The van der Waals surface area contributed by atoms with Crippen molar-refractivity contribution < 1.29 is 14.4 Å². The molecule has 7 nitrogen and oxygen atoms in total. The van der Waals surface area contributed by atoms with Crippen molar-refractivity contribution in [2.75, 3.05) is 7.05 Å². The van der Waals surface area contributed by atoms with Crippen LogP contribution in [0.3, 0.4) is 0 Å². The Bertz CT molecular complexity index is 1840. The van der Waals surface area contributed by atoms with Crippen molar-refractivity contribution in [3.05, 3.63) is 119 Å². The molecule has 4 aromatic carbocycles. The fourth-order valence-electron chi connectivity index (χ4n) is 6.52. The molecule has 5 aromatic rings. The number of likely N-dealkylation sites (N-methyl/N-ethyl adjacent to an activating group) is 1. The number of fused-ring (bicyclic) bond motifs is 2. The number of para-hydroxylation sites is 1. The first-order valence-corrected chi connectivity index (χ1v) is 15.8. The van der Waals surface area contributed by atoms with Crippen LogP contribution in [0.2, 0.25) is 0 Å². The molecule has 230 valence electrons. The maximum absolute atomic E-state index is 14.3. The lowest BCUT2D eigenvalue weighted by atomic mass is 9.80. The van der Waals surface area contributed by atoms with Gasteiger partial charge >= 0.3 is 0 Å². The summed E-state index contributed by atoms with van der Waals surface area (Å²) in [6.07, 6.45) is 5.69. The number of amides is 3. The molecule has 0 radical (unpaired) electrons. The molecule has 3 amide bonds. The molecular formula is C38H40N4O3. The summed E-state index contributed by atoms with van der Waals surface area (Å²) in [7, 11) is 1.77. The van der Waals surface area contributed by atoms with Crippen LogP contribution in [0.1, 0.15) is 59.2 Å². The predicted molar refractivity (Wildman–Crippen MR) is 179 cm³/mol. The molecule has 0 saturated heterocycles. The molecule has 1 aromatic heterocycles. The van der Waals surface area contributed by atoms with Gasteiger partial charge in [-0.15, -0.1) is 0 Å². The Morgan fingerprint density at radius 2 is 1.53 bits per heavy atom. The summed E-state index contributed by atoms with van der Waals surface area (Å²) in [5.41, 5.74) is 3.39. The maximum Gasteiger partial charge on any atom is 0.254 e. The van der Waals surface area contributed by atoms with Crippen molar-refractivity contribution in [3.8, 4) is 0 Å². The van der Waals surface area contributed by atoms with Crippen LogP contribution in [-0.4, -0.2) is 46.2 Å². The van der Waals surface area contributed by atoms with Gasteiger partial charge in [-0.05, 0) is 47.7 Å².